The molecule has 0 saturated heterocycles. The van der Waals surface area contributed by atoms with Crippen molar-refractivity contribution in [2.45, 2.75) is 26.4 Å². The summed E-state index contributed by atoms with van der Waals surface area (Å²) in [5.74, 6) is -0.407. The van der Waals surface area contributed by atoms with Crippen LogP contribution in [0.3, 0.4) is 0 Å². The molecule has 0 aromatic heterocycles. The monoisotopic (exact) mass is 425 g/mol. The summed E-state index contributed by atoms with van der Waals surface area (Å²) >= 11 is 5.07. The average Bonchev–Trinajstić information content (AvgIpc) is 2.60. The molecule has 2 aromatic rings. The first kappa shape index (κ1) is 24.8. The molecule has 1 atom stereocenters. The Bertz CT molecular complexity index is 780. The number of aliphatic hydroxyl groups is 2. The molecule has 27 heavy (non-hydrogen) atoms. The minimum Gasteiger partial charge on any atom is -0.758 e. The molecule has 8 heteroatoms. The number of para-hydroxylation sites is 1. The summed E-state index contributed by atoms with van der Waals surface area (Å²) in [6.45, 7) is 3.06. The van der Waals surface area contributed by atoms with Crippen LogP contribution in [0.25, 0.3) is 0 Å². The molecule has 0 fully saturated rings. The Kier molecular flexibility index (Phi) is 11.9. The van der Waals surface area contributed by atoms with Crippen LogP contribution in [0.5, 0.6) is 5.75 Å². The number of ketones is 1. The number of phenols is 1. The van der Waals surface area contributed by atoms with Crippen LogP contribution in [0.1, 0.15) is 31.4 Å². The summed E-state index contributed by atoms with van der Waals surface area (Å²) in [4.78, 5) is 10.1. The number of carbonyl (C=O) groups excluding carboxylic acids is 1. The van der Waals surface area contributed by atoms with Gasteiger partial charge in [-0.15, -0.1) is 5.10 Å². The Balaban J connectivity index is 0.000000728. The molecule has 0 heterocycles. The molecule has 0 amide bonds. The smallest absolute Gasteiger partial charge is 0.241 e. The molecule has 0 aliphatic heterocycles. The predicted molar refractivity (Wildman–Crippen MR) is 105 cm³/mol. The number of hydrogen-bond donors (Lipinski definition) is 3. The number of benzene rings is 2. The van der Waals surface area contributed by atoms with Gasteiger partial charge in [0.25, 0.3) is 0 Å². The van der Waals surface area contributed by atoms with E-state index >= 15 is 0 Å². The molecule has 6 nitrogen and oxygen atoms in total. The third-order valence-corrected chi connectivity index (χ3v) is 3.30. The van der Waals surface area contributed by atoms with E-state index in [-0.39, 0.29) is 51.8 Å². The third-order valence-electron chi connectivity index (χ3n) is 2.98. The standard InChI is InChI=1S/C14H12N2O2S.C5H10O2.Cr/c17-12-9-5-4-8-11(12)13(18)15-16-14(19)10-6-2-1-3-7-10;1-4(6)3-5(2)7;/h1-9,17H,(H,15,18)(H,16,19);4,6H,3H2,1-2H3;/p-1. The van der Waals surface area contributed by atoms with E-state index in [1.165, 1.54) is 19.1 Å². The maximum absolute atomic E-state index is 10.1. The van der Waals surface area contributed by atoms with Gasteiger partial charge in [-0.05, 0) is 31.5 Å². The SMILES string of the molecule is CC(=O)CC(C)O.O/C(=N/N=C(\[S-])c1ccccc1)c1ccccc1O.[Cr]. The number of phenolic OH excluding ortho intramolecular Hbond substituents is 1. The van der Waals surface area contributed by atoms with E-state index in [0.717, 1.165) is 5.56 Å². The fraction of sp³-hybridized carbons (Fsp3) is 0.211. The summed E-state index contributed by atoms with van der Waals surface area (Å²) in [6, 6.07) is 15.5. The zero-order chi connectivity index (χ0) is 19.5. The fourth-order valence-electron chi connectivity index (χ4n) is 1.86. The second kappa shape index (κ2) is 13.0. The van der Waals surface area contributed by atoms with Gasteiger partial charge >= 0.3 is 0 Å². The van der Waals surface area contributed by atoms with Gasteiger partial charge in [0.15, 0.2) is 0 Å². The minimum absolute atomic E-state index is 0. The van der Waals surface area contributed by atoms with E-state index in [1.54, 1.807) is 31.2 Å². The predicted octanol–water partition coefficient (Wildman–Crippen LogP) is 2.95. The molecule has 0 aliphatic rings. The Morgan fingerprint density at radius 1 is 1.07 bits per heavy atom. The van der Waals surface area contributed by atoms with Crippen molar-refractivity contribution in [2.24, 2.45) is 10.2 Å². The van der Waals surface area contributed by atoms with Crippen LogP contribution >= 0.6 is 0 Å². The van der Waals surface area contributed by atoms with Crippen LogP contribution in [0.2, 0.25) is 0 Å². The Morgan fingerprint density at radius 2 is 1.63 bits per heavy atom. The van der Waals surface area contributed by atoms with E-state index in [9.17, 15) is 15.0 Å². The van der Waals surface area contributed by atoms with Crippen LogP contribution in [-0.4, -0.2) is 38.1 Å². The van der Waals surface area contributed by atoms with Crippen molar-refractivity contribution in [3.05, 3.63) is 65.7 Å². The van der Waals surface area contributed by atoms with Gasteiger partial charge in [-0.25, -0.2) is 0 Å². The second-order valence-electron chi connectivity index (χ2n) is 5.47. The number of carbonyl (C=O) groups is 1. The van der Waals surface area contributed by atoms with Gasteiger partial charge in [0.1, 0.15) is 11.5 Å². The van der Waals surface area contributed by atoms with Crippen molar-refractivity contribution >= 4 is 29.4 Å². The van der Waals surface area contributed by atoms with Gasteiger partial charge in [-0.3, -0.25) is 4.79 Å². The molecule has 0 spiro atoms. The molecular weight excluding hydrogens is 404 g/mol. The molecule has 1 unspecified atom stereocenters. The maximum atomic E-state index is 10.1. The van der Waals surface area contributed by atoms with E-state index in [4.69, 9.17) is 17.7 Å². The molecular formula is C19H21CrN2O4S-. The number of Topliss-reactive ketones (excluding diaryl/α,β-unsaturated/α-hetero) is 1. The van der Waals surface area contributed by atoms with E-state index < -0.39 is 6.10 Å². The first-order valence-electron chi connectivity index (χ1n) is 7.84. The van der Waals surface area contributed by atoms with Crippen molar-refractivity contribution in [3.8, 4) is 5.75 Å². The van der Waals surface area contributed by atoms with Gasteiger partial charge in [-0.2, -0.15) is 5.10 Å². The minimum atomic E-state index is -0.475. The van der Waals surface area contributed by atoms with Crippen molar-refractivity contribution in [1.29, 1.82) is 0 Å². The number of aromatic hydroxyl groups is 1. The van der Waals surface area contributed by atoms with Crippen molar-refractivity contribution in [3.63, 3.8) is 0 Å². The van der Waals surface area contributed by atoms with E-state index in [0.29, 0.717) is 0 Å². The van der Waals surface area contributed by atoms with E-state index in [1.807, 2.05) is 18.2 Å². The summed E-state index contributed by atoms with van der Waals surface area (Å²) in [5.41, 5.74) is 0.952. The van der Waals surface area contributed by atoms with E-state index in [2.05, 4.69) is 10.2 Å². The van der Waals surface area contributed by atoms with Gasteiger partial charge in [-0.1, -0.05) is 47.5 Å². The molecule has 0 bridgehead atoms. The zero-order valence-electron chi connectivity index (χ0n) is 14.9. The third kappa shape index (κ3) is 9.87. The molecule has 0 aliphatic carbocycles. The second-order valence-corrected chi connectivity index (χ2v) is 5.85. The molecule has 0 saturated carbocycles. The average molecular weight is 425 g/mol. The summed E-state index contributed by atoms with van der Waals surface area (Å²) in [5, 5.41) is 35.4. The Hall–Kier alpha value is -2.24. The number of hydrogen-bond acceptors (Lipinski definition) is 6. The summed E-state index contributed by atoms with van der Waals surface area (Å²) < 4.78 is 0. The Morgan fingerprint density at radius 3 is 2.11 bits per heavy atom. The van der Waals surface area contributed by atoms with Crippen LogP contribution in [0, 0.1) is 0 Å². The summed E-state index contributed by atoms with van der Waals surface area (Å²) in [6.07, 6.45) is -0.197. The fourth-order valence-corrected chi connectivity index (χ4v) is 2.04. The molecule has 0 radical (unpaired) electrons. The van der Waals surface area contributed by atoms with Gasteiger partial charge < -0.3 is 27.9 Å². The normalized spacial score (nSPS) is 12.3. The van der Waals surface area contributed by atoms with Gasteiger partial charge in [0, 0.05) is 23.8 Å². The van der Waals surface area contributed by atoms with Crippen molar-refractivity contribution in [1.82, 2.24) is 0 Å². The topological polar surface area (TPSA) is 102 Å². The van der Waals surface area contributed by atoms with Crippen LogP contribution in [0.15, 0.2) is 64.8 Å². The summed E-state index contributed by atoms with van der Waals surface area (Å²) in [7, 11) is 0. The Labute approximate surface area is 174 Å². The largest absolute Gasteiger partial charge is 0.758 e. The molecule has 144 valence electrons. The van der Waals surface area contributed by atoms with Crippen molar-refractivity contribution < 1.29 is 37.5 Å². The van der Waals surface area contributed by atoms with Crippen molar-refractivity contribution in [2.75, 3.05) is 0 Å². The van der Waals surface area contributed by atoms with Crippen LogP contribution < -0.4 is 0 Å². The maximum Gasteiger partial charge on any atom is 0.241 e. The molecule has 2 aromatic carbocycles. The first-order chi connectivity index (χ1) is 12.3. The zero-order valence-corrected chi connectivity index (χ0v) is 17.0. The first-order valence-corrected chi connectivity index (χ1v) is 8.25. The quantitative estimate of drug-likeness (QED) is 0.296. The number of nitrogens with zero attached hydrogens (tertiary/aromatic N) is 2. The number of aliphatic hydroxyl groups excluding tert-OH is 2. The molecule has 2 rings (SSSR count). The molecule has 3 N–H and O–H groups in total. The number of rotatable bonds is 5. The van der Waals surface area contributed by atoms with Gasteiger partial charge in [0.05, 0.1) is 11.7 Å². The van der Waals surface area contributed by atoms with Crippen LogP contribution in [0.4, 0.5) is 0 Å². The van der Waals surface area contributed by atoms with Gasteiger partial charge in [0.2, 0.25) is 5.90 Å². The van der Waals surface area contributed by atoms with Crippen LogP contribution in [-0.2, 0) is 34.8 Å².